The second kappa shape index (κ2) is 5.38. The van der Waals surface area contributed by atoms with Crippen LogP contribution in [0.3, 0.4) is 0 Å². The van der Waals surface area contributed by atoms with E-state index in [0.717, 1.165) is 17.5 Å². The van der Waals surface area contributed by atoms with Crippen molar-refractivity contribution >= 4 is 5.96 Å². The van der Waals surface area contributed by atoms with Crippen LogP contribution in [0.5, 0.6) is 0 Å². The molecule has 1 aliphatic carbocycles. The van der Waals surface area contributed by atoms with Gasteiger partial charge in [0.25, 0.3) is 0 Å². The van der Waals surface area contributed by atoms with Gasteiger partial charge >= 0.3 is 0 Å². The summed E-state index contributed by atoms with van der Waals surface area (Å²) in [5.74, 6) is 0.421. The number of hydrogen-bond donors (Lipinski definition) is 1. The zero-order valence-corrected chi connectivity index (χ0v) is 11.0. The third-order valence-corrected chi connectivity index (χ3v) is 3.42. The Labute approximate surface area is 108 Å². The highest BCUT2D eigenvalue weighted by Gasteiger charge is 2.27. The maximum atomic E-state index is 12.9. The summed E-state index contributed by atoms with van der Waals surface area (Å²) in [6.07, 6.45) is 3.22. The van der Waals surface area contributed by atoms with E-state index in [0.29, 0.717) is 18.5 Å². The Morgan fingerprint density at radius 3 is 2.83 bits per heavy atom. The number of rotatable bonds is 4. The number of aliphatic imine (C=N–C) groups is 1. The molecule has 3 nitrogen and oxygen atoms in total. The molecule has 0 radical (unpaired) electrons. The summed E-state index contributed by atoms with van der Waals surface area (Å²) in [5, 5.41) is 0. The largest absolute Gasteiger partial charge is 0.370 e. The van der Waals surface area contributed by atoms with Gasteiger partial charge in [-0.2, -0.15) is 0 Å². The molecule has 0 heterocycles. The molecular weight excluding hydrogens is 229 g/mol. The van der Waals surface area contributed by atoms with Gasteiger partial charge in [-0.25, -0.2) is 4.39 Å². The second-order valence-corrected chi connectivity index (χ2v) is 4.90. The number of guanidine groups is 1. The molecule has 18 heavy (non-hydrogen) atoms. The summed E-state index contributed by atoms with van der Waals surface area (Å²) in [6, 6.07) is 5.45. The molecule has 1 aromatic carbocycles. The topological polar surface area (TPSA) is 41.6 Å². The van der Waals surface area contributed by atoms with E-state index >= 15 is 0 Å². The molecule has 2 rings (SSSR count). The molecule has 0 aliphatic heterocycles. The highest BCUT2D eigenvalue weighted by Crippen LogP contribution is 2.24. The summed E-state index contributed by atoms with van der Waals surface area (Å²) >= 11 is 0. The van der Waals surface area contributed by atoms with Crippen molar-refractivity contribution < 1.29 is 4.39 Å². The summed E-state index contributed by atoms with van der Waals surface area (Å²) in [7, 11) is 1.99. The van der Waals surface area contributed by atoms with E-state index in [-0.39, 0.29) is 5.82 Å². The third-order valence-electron chi connectivity index (χ3n) is 3.42. The molecule has 0 aromatic heterocycles. The molecule has 0 bridgehead atoms. The standard InChI is InChI=1S/C14H20FN3/c1-10-9-12(15)4-3-11(10)7-8-17-14(16)18(2)13-5-6-13/h3-4,9,13H,5-8H2,1-2H3,(H2,16,17). The first-order chi connectivity index (χ1) is 8.58. The number of nitrogens with two attached hydrogens (primary N) is 1. The van der Waals surface area contributed by atoms with E-state index in [1.54, 1.807) is 6.07 Å². The highest BCUT2D eigenvalue weighted by molar-refractivity contribution is 5.78. The van der Waals surface area contributed by atoms with Gasteiger partial charge in [0.15, 0.2) is 5.96 Å². The minimum absolute atomic E-state index is 0.187. The Balaban J connectivity index is 1.89. The van der Waals surface area contributed by atoms with Crippen molar-refractivity contribution in [1.82, 2.24) is 4.90 Å². The Morgan fingerprint density at radius 1 is 1.50 bits per heavy atom. The van der Waals surface area contributed by atoms with Gasteiger partial charge in [0.2, 0.25) is 0 Å². The number of nitrogens with zero attached hydrogens (tertiary/aromatic N) is 2. The third kappa shape index (κ3) is 3.22. The molecule has 0 spiro atoms. The van der Waals surface area contributed by atoms with Crippen LogP contribution in [0.15, 0.2) is 23.2 Å². The normalized spacial score (nSPS) is 15.8. The fourth-order valence-corrected chi connectivity index (χ4v) is 1.99. The summed E-state index contributed by atoms with van der Waals surface area (Å²) in [4.78, 5) is 6.41. The van der Waals surface area contributed by atoms with Gasteiger partial charge in [0, 0.05) is 19.6 Å². The van der Waals surface area contributed by atoms with Crippen molar-refractivity contribution in [2.24, 2.45) is 10.7 Å². The van der Waals surface area contributed by atoms with Crippen LogP contribution in [0.4, 0.5) is 4.39 Å². The molecule has 4 heteroatoms. The molecule has 1 fully saturated rings. The van der Waals surface area contributed by atoms with Gasteiger partial charge in [0.05, 0.1) is 0 Å². The number of halogens is 1. The average molecular weight is 249 g/mol. The minimum atomic E-state index is -0.187. The predicted octanol–water partition coefficient (Wildman–Crippen LogP) is 2.09. The fourth-order valence-electron chi connectivity index (χ4n) is 1.99. The zero-order chi connectivity index (χ0) is 13.1. The Bertz CT molecular complexity index is 452. The quantitative estimate of drug-likeness (QED) is 0.655. The second-order valence-electron chi connectivity index (χ2n) is 4.90. The lowest BCUT2D eigenvalue weighted by Crippen LogP contribution is -2.35. The lowest BCUT2D eigenvalue weighted by molar-refractivity contribution is 0.487. The number of benzene rings is 1. The molecule has 98 valence electrons. The predicted molar refractivity (Wildman–Crippen MR) is 72.1 cm³/mol. The summed E-state index contributed by atoms with van der Waals surface area (Å²) < 4.78 is 12.9. The van der Waals surface area contributed by atoms with Crippen molar-refractivity contribution in [3.63, 3.8) is 0 Å². The maximum Gasteiger partial charge on any atom is 0.191 e. The van der Waals surface area contributed by atoms with Crippen molar-refractivity contribution in [3.8, 4) is 0 Å². The first-order valence-corrected chi connectivity index (χ1v) is 6.35. The molecule has 0 atom stereocenters. The molecule has 0 unspecified atom stereocenters. The maximum absolute atomic E-state index is 12.9. The first-order valence-electron chi connectivity index (χ1n) is 6.35. The average Bonchev–Trinajstić information content (AvgIpc) is 3.15. The smallest absolute Gasteiger partial charge is 0.191 e. The van der Waals surface area contributed by atoms with Crippen LogP contribution in [0.2, 0.25) is 0 Å². The van der Waals surface area contributed by atoms with Gasteiger partial charge in [-0.3, -0.25) is 4.99 Å². The number of aryl methyl sites for hydroxylation is 1. The highest BCUT2D eigenvalue weighted by atomic mass is 19.1. The van der Waals surface area contributed by atoms with Crippen LogP contribution >= 0.6 is 0 Å². The van der Waals surface area contributed by atoms with Gasteiger partial charge in [0.1, 0.15) is 5.82 Å². The number of hydrogen-bond acceptors (Lipinski definition) is 1. The Morgan fingerprint density at radius 2 is 2.22 bits per heavy atom. The van der Waals surface area contributed by atoms with E-state index in [9.17, 15) is 4.39 Å². The zero-order valence-electron chi connectivity index (χ0n) is 11.0. The van der Waals surface area contributed by atoms with Gasteiger partial charge in [-0.1, -0.05) is 6.07 Å². The summed E-state index contributed by atoms with van der Waals surface area (Å²) in [5.41, 5.74) is 8.00. The van der Waals surface area contributed by atoms with Crippen molar-refractivity contribution in [2.75, 3.05) is 13.6 Å². The molecule has 1 saturated carbocycles. The molecule has 0 amide bonds. The van der Waals surface area contributed by atoms with Crippen molar-refractivity contribution in [3.05, 3.63) is 35.1 Å². The van der Waals surface area contributed by atoms with Crippen LogP contribution < -0.4 is 5.73 Å². The van der Waals surface area contributed by atoms with E-state index in [1.807, 2.05) is 24.9 Å². The lowest BCUT2D eigenvalue weighted by Gasteiger charge is -2.16. The van der Waals surface area contributed by atoms with Crippen molar-refractivity contribution in [1.29, 1.82) is 0 Å². The lowest BCUT2D eigenvalue weighted by atomic mass is 10.1. The minimum Gasteiger partial charge on any atom is -0.370 e. The van der Waals surface area contributed by atoms with E-state index in [4.69, 9.17) is 5.73 Å². The van der Waals surface area contributed by atoms with E-state index in [2.05, 4.69) is 4.99 Å². The molecule has 0 saturated heterocycles. The monoisotopic (exact) mass is 249 g/mol. The van der Waals surface area contributed by atoms with Crippen molar-refractivity contribution in [2.45, 2.75) is 32.2 Å². The van der Waals surface area contributed by atoms with Crippen LogP contribution in [-0.4, -0.2) is 30.5 Å². The van der Waals surface area contributed by atoms with Crippen LogP contribution in [0.1, 0.15) is 24.0 Å². The molecule has 1 aromatic rings. The summed E-state index contributed by atoms with van der Waals surface area (Å²) in [6.45, 7) is 2.57. The van der Waals surface area contributed by atoms with Gasteiger partial charge < -0.3 is 10.6 Å². The first kappa shape index (κ1) is 12.9. The van der Waals surface area contributed by atoms with E-state index in [1.165, 1.54) is 18.9 Å². The Hall–Kier alpha value is -1.58. The van der Waals surface area contributed by atoms with Gasteiger partial charge in [-0.05, 0) is 49.4 Å². The molecular formula is C14H20FN3. The molecule has 1 aliphatic rings. The van der Waals surface area contributed by atoms with Crippen LogP contribution in [0.25, 0.3) is 0 Å². The molecule has 2 N–H and O–H groups in total. The Kier molecular flexibility index (Phi) is 3.84. The van der Waals surface area contributed by atoms with E-state index < -0.39 is 0 Å². The fraction of sp³-hybridized carbons (Fsp3) is 0.500. The van der Waals surface area contributed by atoms with Crippen LogP contribution in [0, 0.1) is 12.7 Å². The van der Waals surface area contributed by atoms with Gasteiger partial charge in [-0.15, -0.1) is 0 Å². The van der Waals surface area contributed by atoms with Crippen LogP contribution in [-0.2, 0) is 6.42 Å². The SMILES string of the molecule is Cc1cc(F)ccc1CCN=C(N)N(C)C1CC1.